The number of anilines is 1. The molecule has 0 amide bonds. The number of ether oxygens (including phenoxy) is 1. The topological polar surface area (TPSA) is 54.3 Å². The van der Waals surface area contributed by atoms with Gasteiger partial charge in [-0.25, -0.2) is 0 Å². The van der Waals surface area contributed by atoms with Crippen LogP contribution in [0.2, 0.25) is 5.02 Å². The number of halogens is 1. The molecule has 3 rings (SSSR count). The lowest BCUT2D eigenvalue weighted by atomic mass is 10.2. The van der Waals surface area contributed by atoms with E-state index in [0.29, 0.717) is 17.2 Å². The number of nitrogens with zero attached hydrogens (tertiary/aromatic N) is 2. The quantitative estimate of drug-likeness (QED) is 0.832. The van der Waals surface area contributed by atoms with Crippen molar-refractivity contribution in [1.29, 1.82) is 0 Å². The molecule has 0 aromatic heterocycles. The maximum absolute atomic E-state index is 9.88. The summed E-state index contributed by atoms with van der Waals surface area (Å²) < 4.78 is 5.31. The van der Waals surface area contributed by atoms with Gasteiger partial charge in [0.2, 0.25) is 6.23 Å². The van der Waals surface area contributed by atoms with Gasteiger partial charge >= 0.3 is 0 Å². The molecule has 2 unspecified atom stereocenters. The number of benzene rings is 1. The van der Waals surface area contributed by atoms with Crippen molar-refractivity contribution in [1.82, 2.24) is 0 Å². The number of hydrogen-bond donors (Lipinski definition) is 1. The van der Waals surface area contributed by atoms with Gasteiger partial charge in [0.15, 0.2) is 0 Å². The van der Waals surface area contributed by atoms with Crippen LogP contribution in [0, 0.1) is 0 Å². The van der Waals surface area contributed by atoms with Crippen molar-refractivity contribution in [3.05, 3.63) is 23.2 Å². The normalized spacial score (nSPS) is 26.3. The van der Waals surface area contributed by atoms with Crippen LogP contribution in [0.1, 0.15) is 13.3 Å². The molecule has 0 radical (unpaired) electrons. The molecular weight excluding hydrogens is 244 g/mol. The highest BCUT2D eigenvalue weighted by Crippen LogP contribution is 2.40. The molecular formula is C11H11ClN2O3. The van der Waals surface area contributed by atoms with E-state index in [0.717, 1.165) is 11.4 Å². The first-order valence-corrected chi connectivity index (χ1v) is 5.65. The van der Waals surface area contributed by atoms with Crippen LogP contribution in [-0.4, -0.2) is 23.5 Å². The van der Waals surface area contributed by atoms with Gasteiger partial charge in [-0.15, -0.1) is 0 Å². The number of fused-ring (bicyclic) bond motifs is 1. The van der Waals surface area contributed by atoms with Gasteiger partial charge in [-0.2, -0.15) is 0 Å². The van der Waals surface area contributed by atoms with Crippen LogP contribution in [-0.2, 0) is 4.84 Å². The molecule has 5 nitrogen and oxygen atoms in total. The smallest absolute Gasteiger partial charge is 0.284 e. The molecule has 6 heteroatoms. The monoisotopic (exact) mass is 254 g/mol. The van der Waals surface area contributed by atoms with Gasteiger partial charge in [-0.05, 0) is 25.1 Å². The molecule has 1 aromatic carbocycles. The Morgan fingerprint density at radius 2 is 2.35 bits per heavy atom. The second-order valence-corrected chi connectivity index (χ2v) is 4.49. The zero-order valence-electron chi connectivity index (χ0n) is 9.13. The lowest BCUT2D eigenvalue weighted by Gasteiger charge is -2.25. The molecule has 0 fully saturated rings. The Hall–Kier alpha value is -1.46. The van der Waals surface area contributed by atoms with Crippen LogP contribution < -0.4 is 9.64 Å². The Morgan fingerprint density at radius 3 is 3.06 bits per heavy atom. The van der Waals surface area contributed by atoms with E-state index >= 15 is 0 Å². The summed E-state index contributed by atoms with van der Waals surface area (Å²) in [6.45, 7) is 1.88. The van der Waals surface area contributed by atoms with Crippen LogP contribution in [0.15, 0.2) is 23.4 Å². The van der Waals surface area contributed by atoms with Crippen LogP contribution in [0.5, 0.6) is 5.75 Å². The molecule has 2 atom stereocenters. The summed E-state index contributed by atoms with van der Waals surface area (Å²) >= 11 is 5.94. The molecule has 0 aliphatic carbocycles. The molecule has 2 heterocycles. The molecule has 90 valence electrons. The van der Waals surface area contributed by atoms with E-state index in [1.165, 1.54) is 0 Å². The van der Waals surface area contributed by atoms with Gasteiger partial charge in [0.25, 0.3) is 6.41 Å². The first-order valence-electron chi connectivity index (χ1n) is 5.27. The SMILES string of the molecule is CC1=NOC(N2c3cc(Cl)ccc3OC2O)C1. The zero-order chi connectivity index (χ0) is 12.0. The fourth-order valence-electron chi connectivity index (χ4n) is 2.01. The number of rotatable bonds is 1. The highest BCUT2D eigenvalue weighted by atomic mass is 35.5. The summed E-state index contributed by atoms with van der Waals surface area (Å²) in [6, 6.07) is 5.18. The molecule has 1 N–H and O–H groups in total. The van der Waals surface area contributed by atoms with Crippen molar-refractivity contribution >= 4 is 23.0 Å². The number of oxime groups is 1. The molecule has 2 aliphatic rings. The number of aliphatic hydroxyl groups is 1. The molecule has 2 aliphatic heterocycles. The van der Waals surface area contributed by atoms with Crippen molar-refractivity contribution < 1.29 is 14.7 Å². The van der Waals surface area contributed by atoms with E-state index < -0.39 is 6.41 Å². The number of hydrogen-bond acceptors (Lipinski definition) is 5. The summed E-state index contributed by atoms with van der Waals surface area (Å²) in [5.74, 6) is 0.593. The summed E-state index contributed by atoms with van der Waals surface area (Å²) in [6.07, 6.45) is -0.772. The Balaban J connectivity index is 1.94. The molecule has 0 saturated heterocycles. The minimum Gasteiger partial charge on any atom is -0.444 e. The highest BCUT2D eigenvalue weighted by molar-refractivity contribution is 6.31. The Morgan fingerprint density at radius 1 is 1.53 bits per heavy atom. The summed E-state index contributed by atoms with van der Waals surface area (Å²) in [5.41, 5.74) is 1.61. The largest absolute Gasteiger partial charge is 0.444 e. The first-order chi connectivity index (χ1) is 8.15. The van der Waals surface area contributed by atoms with Crippen molar-refractivity contribution in [3.63, 3.8) is 0 Å². The molecule has 0 bridgehead atoms. The Bertz CT molecular complexity index is 492. The van der Waals surface area contributed by atoms with E-state index in [4.69, 9.17) is 21.2 Å². The predicted octanol–water partition coefficient (Wildman–Crippen LogP) is 1.94. The fraction of sp³-hybridized carbons (Fsp3) is 0.364. The van der Waals surface area contributed by atoms with E-state index in [-0.39, 0.29) is 6.23 Å². The van der Waals surface area contributed by atoms with Crippen LogP contribution in [0.4, 0.5) is 5.69 Å². The maximum atomic E-state index is 9.88. The predicted molar refractivity (Wildman–Crippen MR) is 63.2 cm³/mol. The van der Waals surface area contributed by atoms with Crippen LogP contribution in [0.25, 0.3) is 0 Å². The highest BCUT2D eigenvalue weighted by Gasteiger charge is 2.38. The summed E-state index contributed by atoms with van der Waals surface area (Å²) in [4.78, 5) is 6.87. The van der Waals surface area contributed by atoms with Gasteiger partial charge in [0, 0.05) is 11.4 Å². The van der Waals surface area contributed by atoms with Gasteiger partial charge in [-0.3, -0.25) is 4.90 Å². The third kappa shape index (κ3) is 1.71. The van der Waals surface area contributed by atoms with Gasteiger partial charge in [0.05, 0.1) is 11.4 Å². The minimum atomic E-state index is -1.06. The van der Waals surface area contributed by atoms with Crippen molar-refractivity contribution in [2.75, 3.05) is 4.90 Å². The standard InChI is InChI=1S/C11H11ClN2O3/c1-6-4-10(17-13-6)14-8-5-7(12)2-3-9(8)16-11(14)15/h2-3,5,10-11,15H,4H2,1H3. The molecule has 0 spiro atoms. The van der Waals surface area contributed by atoms with E-state index in [9.17, 15) is 5.11 Å². The maximum Gasteiger partial charge on any atom is 0.284 e. The van der Waals surface area contributed by atoms with E-state index in [1.807, 2.05) is 6.92 Å². The average Bonchev–Trinajstić information content (AvgIpc) is 2.81. The van der Waals surface area contributed by atoms with Gasteiger partial charge in [0.1, 0.15) is 5.75 Å². The number of aliphatic hydroxyl groups excluding tert-OH is 1. The lowest BCUT2D eigenvalue weighted by molar-refractivity contribution is -0.0408. The van der Waals surface area contributed by atoms with Crippen molar-refractivity contribution in [2.45, 2.75) is 26.0 Å². The summed E-state index contributed by atoms with van der Waals surface area (Å²) in [5, 5.41) is 14.3. The minimum absolute atomic E-state index is 0.343. The third-order valence-corrected chi connectivity index (χ3v) is 3.02. The molecule has 17 heavy (non-hydrogen) atoms. The van der Waals surface area contributed by atoms with Gasteiger partial charge < -0.3 is 14.7 Å². The Kier molecular flexibility index (Phi) is 2.38. The van der Waals surface area contributed by atoms with Crippen LogP contribution >= 0.6 is 11.6 Å². The van der Waals surface area contributed by atoms with Crippen molar-refractivity contribution in [3.8, 4) is 5.75 Å². The molecule has 1 aromatic rings. The Labute approximate surface area is 103 Å². The van der Waals surface area contributed by atoms with E-state index in [1.54, 1.807) is 23.1 Å². The zero-order valence-corrected chi connectivity index (χ0v) is 9.89. The average molecular weight is 255 g/mol. The second-order valence-electron chi connectivity index (χ2n) is 4.05. The van der Waals surface area contributed by atoms with Gasteiger partial charge in [-0.1, -0.05) is 16.8 Å². The second kappa shape index (κ2) is 3.78. The first kappa shape index (κ1) is 10.7. The van der Waals surface area contributed by atoms with Crippen molar-refractivity contribution in [2.24, 2.45) is 5.16 Å². The lowest BCUT2D eigenvalue weighted by Crippen LogP contribution is -2.42. The fourth-order valence-corrected chi connectivity index (χ4v) is 2.17. The van der Waals surface area contributed by atoms with E-state index in [2.05, 4.69) is 5.16 Å². The summed E-state index contributed by atoms with van der Waals surface area (Å²) in [7, 11) is 0. The van der Waals surface area contributed by atoms with Crippen LogP contribution in [0.3, 0.4) is 0 Å². The third-order valence-electron chi connectivity index (χ3n) is 2.78. The molecule has 0 saturated carbocycles.